The summed E-state index contributed by atoms with van der Waals surface area (Å²) in [4.78, 5) is 22.5. The largest absolute Gasteiger partial charge is 0.350 e. The fourth-order valence-corrected chi connectivity index (χ4v) is 2.24. The maximum absolute atomic E-state index is 12.3. The van der Waals surface area contributed by atoms with E-state index in [-0.39, 0.29) is 17.0 Å². The van der Waals surface area contributed by atoms with Gasteiger partial charge in [-0.1, -0.05) is 32.9 Å². The minimum atomic E-state index is -0.430. The van der Waals surface area contributed by atoms with Gasteiger partial charge in [-0.3, -0.25) is 19.6 Å². The first-order valence-electron chi connectivity index (χ1n) is 7.74. The minimum Gasteiger partial charge on any atom is -0.350 e. The first-order chi connectivity index (χ1) is 11.2. The standard InChI is InChI=1S/C17H22N4O3/c1-17(2,3)15-11-14(20(4)19-15)16(22)18-10-9-12-5-7-13(8-6-12)21(23)24/h5-8,11H,9-10H2,1-4H3,(H,18,22). The highest BCUT2D eigenvalue weighted by molar-refractivity contribution is 5.92. The lowest BCUT2D eigenvalue weighted by Gasteiger charge is -2.13. The summed E-state index contributed by atoms with van der Waals surface area (Å²) in [6, 6.07) is 8.14. The average Bonchev–Trinajstić information content (AvgIpc) is 2.90. The van der Waals surface area contributed by atoms with E-state index in [0.717, 1.165) is 11.3 Å². The molecule has 0 fully saturated rings. The Balaban J connectivity index is 1.94. The topological polar surface area (TPSA) is 90.1 Å². The van der Waals surface area contributed by atoms with E-state index in [1.807, 2.05) is 20.8 Å². The summed E-state index contributed by atoms with van der Waals surface area (Å²) in [6.07, 6.45) is 0.605. The van der Waals surface area contributed by atoms with Gasteiger partial charge in [0.2, 0.25) is 0 Å². The Hall–Kier alpha value is -2.70. The van der Waals surface area contributed by atoms with E-state index in [4.69, 9.17) is 0 Å². The normalized spacial score (nSPS) is 11.3. The molecule has 128 valence electrons. The van der Waals surface area contributed by atoms with E-state index in [1.165, 1.54) is 12.1 Å². The number of rotatable bonds is 5. The Morgan fingerprint density at radius 3 is 2.42 bits per heavy atom. The van der Waals surface area contributed by atoms with E-state index in [9.17, 15) is 14.9 Å². The van der Waals surface area contributed by atoms with E-state index in [2.05, 4.69) is 10.4 Å². The number of carbonyl (C=O) groups excluding carboxylic acids is 1. The van der Waals surface area contributed by atoms with Gasteiger partial charge in [-0.05, 0) is 18.1 Å². The zero-order valence-corrected chi connectivity index (χ0v) is 14.4. The Bertz CT molecular complexity index is 742. The second-order valence-electron chi connectivity index (χ2n) is 6.72. The molecule has 1 amide bonds. The van der Waals surface area contributed by atoms with Crippen LogP contribution in [-0.2, 0) is 18.9 Å². The molecule has 0 aliphatic heterocycles. The van der Waals surface area contributed by atoms with Crippen molar-refractivity contribution >= 4 is 11.6 Å². The van der Waals surface area contributed by atoms with Crippen molar-refractivity contribution in [2.24, 2.45) is 7.05 Å². The number of non-ortho nitro benzene ring substituents is 1. The van der Waals surface area contributed by atoms with Gasteiger partial charge in [0.15, 0.2) is 0 Å². The van der Waals surface area contributed by atoms with Crippen molar-refractivity contribution in [1.82, 2.24) is 15.1 Å². The Morgan fingerprint density at radius 1 is 1.29 bits per heavy atom. The second-order valence-corrected chi connectivity index (χ2v) is 6.72. The van der Waals surface area contributed by atoms with Crippen LogP contribution in [-0.4, -0.2) is 27.2 Å². The van der Waals surface area contributed by atoms with Gasteiger partial charge in [-0.25, -0.2) is 0 Å². The Morgan fingerprint density at radius 2 is 1.92 bits per heavy atom. The van der Waals surface area contributed by atoms with Crippen molar-refractivity contribution < 1.29 is 9.72 Å². The van der Waals surface area contributed by atoms with Gasteiger partial charge < -0.3 is 5.32 Å². The van der Waals surface area contributed by atoms with E-state index >= 15 is 0 Å². The maximum atomic E-state index is 12.3. The predicted molar refractivity (Wildman–Crippen MR) is 91.0 cm³/mol. The molecule has 0 saturated heterocycles. The first kappa shape index (κ1) is 17.7. The molecule has 0 radical (unpaired) electrons. The zero-order valence-electron chi connectivity index (χ0n) is 14.4. The highest BCUT2D eigenvalue weighted by Crippen LogP contribution is 2.21. The molecule has 0 spiro atoms. The molecule has 24 heavy (non-hydrogen) atoms. The van der Waals surface area contributed by atoms with Gasteiger partial charge in [-0.2, -0.15) is 5.10 Å². The lowest BCUT2D eigenvalue weighted by molar-refractivity contribution is -0.384. The van der Waals surface area contributed by atoms with E-state index in [1.54, 1.807) is 29.9 Å². The van der Waals surface area contributed by atoms with Crippen LogP contribution < -0.4 is 5.32 Å². The summed E-state index contributed by atoms with van der Waals surface area (Å²) in [5, 5.41) is 17.9. The molecule has 1 heterocycles. The molecule has 0 bridgehead atoms. The number of nitro benzene ring substituents is 1. The van der Waals surface area contributed by atoms with Crippen LogP contribution in [0.25, 0.3) is 0 Å². The molecule has 0 aliphatic rings. The first-order valence-corrected chi connectivity index (χ1v) is 7.74. The van der Waals surface area contributed by atoms with Crippen LogP contribution >= 0.6 is 0 Å². The van der Waals surface area contributed by atoms with Gasteiger partial charge in [0, 0.05) is 31.1 Å². The predicted octanol–water partition coefficient (Wildman–Crippen LogP) is 2.60. The summed E-state index contributed by atoms with van der Waals surface area (Å²) in [7, 11) is 1.75. The van der Waals surface area contributed by atoms with Gasteiger partial charge in [0.1, 0.15) is 5.69 Å². The van der Waals surface area contributed by atoms with Crippen LogP contribution in [0.3, 0.4) is 0 Å². The van der Waals surface area contributed by atoms with Crippen LogP contribution in [0.15, 0.2) is 30.3 Å². The molecule has 1 aromatic carbocycles. The van der Waals surface area contributed by atoms with E-state index < -0.39 is 4.92 Å². The van der Waals surface area contributed by atoms with Crippen molar-refractivity contribution in [1.29, 1.82) is 0 Å². The average molecular weight is 330 g/mol. The van der Waals surface area contributed by atoms with Crippen molar-refractivity contribution in [2.45, 2.75) is 32.6 Å². The maximum Gasteiger partial charge on any atom is 0.269 e. The minimum absolute atomic E-state index is 0.0624. The van der Waals surface area contributed by atoms with Crippen molar-refractivity contribution in [2.75, 3.05) is 6.54 Å². The van der Waals surface area contributed by atoms with Crippen molar-refractivity contribution in [3.05, 3.63) is 57.4 Å². The van der Waals surface area contributed by atoms with Crippen LogP contribution in [0.5, 0.6) is 0 Å². The number of amides is 1. The molecule has 0 saturated carbocycles. The fourth-order valence-electron chi connectivity index (χ4n) is 2.24. The molecule has 0 atom stereocenters. The Labute approximate surface area is 140 Å². The summed E-state index contributed by atoms with van der Waals surface area (Å²) in [5.41, 5.74) is 2.26. The number of nitrogens with zero attached hydrogens (tertiary/aromatic N) is 3. The molecular weight excluding hydrogens is 308 g/mol. The number of hydrogen-bond acceptors (Lipinski definition) is 4. The van der Waals surface area contributed by atoms with Gasteiger partial charge in [0.25, 0.3) is 11.6 Å². The lowest BCUT2D eigenvalue weighted by atomic mass is 9.92. The Kier molecular flexibility index (Phi) is 5.02. The quantitative estimate of drug-likeness (QED) is 0.674. The third-order valence-electron chi connectivity index (χ3n) is 3.73. The monoisotopic (exact) mass is 330 g/mol. The highest BCUT2D eigenvalue weighted by Gasteiger charge is 2.21. The smallest absolute Gasteiger partial charge is 0.269 e. The summed E-state index contributed by atoms with van der Waals surface area (Å²) >= 11 is 0. The third-order valence-corrected chi connectivity index (χ3v) is 3.73. The van der Waals surface area contributed by atoms with Gasteiger partial charge in [-0.15, -0.1) is 0 Å². The molecule has 1 aromatic heterocycles. The van der Waals surface area contributed by atoms with E-state index in [0.29, 0.717) is 18.7 Å². The number of nitrogens with one attached hydrogen (secondary N) is 1. The zero-order chi connectivity index (χ0) is 17.9. The van der Waals surface area contributed by atoms with Crippen molar-refractivity contribution in [3.63, 3.8) is 0 Å². The lowest BCUT2D eigenvalue weighted by Crippen LogP contribution is -2.27. The summed E-state index contributed by atoms with van der Waals surface area (Å²) in [6.45, 7) is 6.59. The second kappa shape index (κ2) is 6.82. The number of benzene rings is 1. The number of carbonyl (C=O) groups is 1. The number of hydrogen-bond donors (Lipinski definition) is 1. The van der Waals surface area contributed by atoms with Crippen molar-refractivity contribution in [3.8, 4) is 0 Å². The molecular formula is C17H22N4O3. The van der Waals surface area contributed by atoms with Crippen LogP contribution in [0, 0.1) is 10.1 Å². The third kappa shape index (κ3) is 4.18. The number of aromatic nitrogens is 2. The van der Waals surface area contributed by atoms with Crippen LogP contribution in [0.4, 0.5) is 5.69 Å². The molecule has 0 aliphatic carbocycles. The van der Waals surface area contributed by atoms with Gasteiger partial charge >= 0.3 is 0 Å². The molecule has 2 rings (SSSR count). The van der Waals surface area contributed by atoms with Crippen LogP contribution in [0.1, 0.15) is 42.5 Å². The summed E-state index contributed by atoms with van der Waals surface area (Å²) < 4.78 is 1.59. The van der Waals surface area contributed by atoms with Gasteiger partial charge in [0.05, 0.1) is 10.6 Å². The molecule has 7 heteroatoms. The fraction of sp³-hybridized carbons (Fsp3) is 0.412. The molecule has 7 nitrogen and oxygen atoms in total. The number of aryl methyl sites for hydroxylation is 1. The molecule has 0 unspecified atom stereocenters. The highest BCUT2D eigenvalue weighted by atomic mass is 16.6. The number of nitro groups is 1. The SMILES string of the molecule is Cn1nc(C(C)(C)C)cc1C(=O)NCCc1ccc([N+](=O)[O-])cc1. The molecule has 1 N–H and O–H groups in total. The summed E-state index contributed by atoms with van der Waals surface area (Å²) in [5.74, 6) is -0.178. The van der Waals surface area contributed by atoms with Crippen LogP contribution in [0.2, 0.25) is 0 Å². The molecule has 2 aromatic rings.